The maximum absolute atomic E-state index is 13.0. The number of anilines is 1. The topological polar surface area (TPSA) is 80.6 Å². The van der Waals surface area contributed by atoms with E-state index in [2.05, 4.69) is 27.1 Å². The molecule has 0 spiro atoms. The Labute approximate surface area is 216 Å². The lowest BCUT2D eigenvalue weighted by molar-refractivity contribution is 0.0518. The number of carbonyl (C=O) groups excluding carboxylic acids is 2. The summed E-state index contributed by atoms with van der Waals surface area (Å²) >= 11 is 0. The van der Waals surface area contributed by atoms with Crippen LogP contribution in [-0.4, -0.2) is 64.3 Å². The predicted octanol–water partition coefficient (Wildman–Crippen LogP) is 4.38. The molecule has 1 saturated heterocycles. The van der Waals surface area contributed by atoms with Gasteiger partial charge in [0.05, 0.1) is 12.3 Å². The molecule has 0 saturated carbocycles. The normalized spacial score (nSPS) is 13.5. The largest absolute Gasteiger partial charge is 0.461 e. The van der Waals surface area contributed by atoms with Gasteiger partial charge in [0.1, 0.15) is 0 Å². The number of pyridine rings is 1. The summed E-state index contributed by atoms with van der Waals surface area (Å²) in [5.41, 5.74) is 4.75. The number of rotatable bonds is 6. The second-order valence-corrected chi connectivity index (χ2v) is 8.88. The zero-order valence-electron chi connectivity index (χ0n) is 21.0. The van der Waals surface area contributed by atoms with Crippen LogP contribution in [0.2, 0.25) is 0 Å². The summed E-state index contributed by atoms with van der Waals surface area (Å²) in [6.07, 6.45) is 1.69. The van der Waals surface area contributed by atoms with E-state index in [0.717, 1.165) is 41.2 Å². The van der Waals surface area contributed by atoms with E-state index >= 15 is 0 Å². The molecule has 1 amide bonds. The monoisotopic (exact) mass is 495 g/mol. The third-order valence-electron chi connectivity index (χ3n) is 6.53. The number of aromatic nitrogens is 3. The van der Waals surface area contributed by atoms with Crippen molar-refractivity contribution >= 4 is 17.6 Å². The van der Waals surface area contributed by atoms with Crippen LogP contribution in [0.4, 0.5) is 5.69 Å². The lowest BCUT2D eigenvalue weighted by Crippen LogP contribution is -2.48. The number of benzene rings is 2. The molecule has 0 unspecified atom stereocenters. The maximum Gasteiger partial charge on any atom is 0.358 e. The van der Waals surface area contributed by atoms with Gasteiger partial charge in [0.15, 0.2) is 11.5 Å². The van der Waals surface area contributed by atoms with Gasteiger partial charge >= 0.3 is 5.97 Å². The standard InChI is InChI=1S/C29H29N5O3/c1-3-37-29(36)25-20-26(34(31-25)27-10-6-7-15-30-27)22-11-13-23(14-12-22)32-16-18-33(19-17-32)28(35)24-9-5-4-8-21(24)2/h4-15,20H,3,16-19H2,1-2H3. The van der Waals surface area contributed by atoms with E-state index in [1.807, 2.05) is 66.4 Å². The van der Waals surface area contributed by atoms with Crippen LogP contribution in [0.1, 0.15) is 33.3 Å². The number of ether oxygens (including phenoxy) is 1. The number of nitrogens with zero attached hydrogens (tertiary/aromatic N) is 5. The highest BCUT2D eigenvalue weighted by molar-refractivity contribution is 5.95. The van der Waals surface area contributed by atoms with Crippen molar-refractivity contribution in [1.82, 2.24) is 19.7 Å². The van der Waals surface area contributed by atoms with Gasteiger partial charge in [-0.05, 0) is 55.8 Å². The molecule has 2 aromatic heterocycles. The average molecular weight is 496 g/mol. The number of esters is 1. The Kier molecular flexibility index (Phi) is 6.98. The SMILES string of the molecule is CCOC(=O)c1cc(-c2ccc(N3CCN(C(=O)c4ccccc4C)CC3)cc2)n(-c2ccccn2)n1. The summed E-state index contributed by atoms with van der Waals surface area (Å²) < 4.78 is 6.82. The Hall–Kier alpha value is -4.46. The van der Waals surface area contributed by atoms with Gasteiger partial charge in [-0.3, -0.25) is 4.79 Å². The molecule has 5 rings (SSSR count). The molecule has 0 aliphatic carbocycles. The summed E-state index contributed by atoms with van der Waals surface area (Å²) in [4.78, 5) is 33.9. The Balaban J connectivity index is 1.33. The first-order valence-electron chi connectivity index (χ1n) is 12.4. The maximum atomic E-state index is 13.0. The molecule has 0 bridgehead atoms. The van der Waals surface area contributed by atoms with Crippen LogP contribution >= 0.6 is 0 Å². The highest BCUT2D eigenvalue weighted by atomic mass is 16.5. The summed E-state index contributed by atoms with van der Waals surface area (Å²) in [5.74, 6) is 0.244. The Morgan fingerprint density at radius 1 is 0.919 bits per heavy atom. The molecule has 188 valence electrons. The molecule has 8 nitrogen and oxygen atoms in total. The first-order chi connectivity index (χ1) is 18.0. The fourth-order valence-corrected chi connectivity index (χ4v) is 4.54. The summed E-state index contributed by atoms with van der Waals surface area (Å²) in [6.45, 7) is 6.88. The molecule has 3 heterocycles. The molecular weight excluding hydrogens is 466 g/mol. The summed E-state index contributed by atoms with van der Waals surface area (Å²) in [7, 11) is 0. The number of amides is 1. The molecule has 0 radical (unpaired) electrons. The van der Waals surface area contributed by atoms with Crippen molar-refractivity contribution in [3.63, 3.8) is 0 Å². The summed E-state index contributed by atoms with van der Waals surface area (Å²) in [6, 6.07) is 23.2. The highest BCUT2D eigenvalue weighted by Gasteiger charge is 2.24. The van der Waals surface area contributed by atoms with Gasteiger partial charge in [0.25, 0.3) is 5.91 Å². The lowest BCUT2D eigenvalue weighted by atomic mass is 10.1. The Bertz CT molecular complexity index is 1390. The quantitative estimate of drug-likeness (QED) is 0.369. The number of aryl methyl sites for hydroxylation is 1. The Morgan fingerprint density at radius 2 is 1.65 bits per heavy atom. The third kappa shape index (κ3) is 5.09. The second-order valence-electron chi connectivity index (χ2n) is 8.88. The lowest BCUT2D eigenvalue weighted by Gasteiger charge is -2.36. The number of hydrogen-bond acceptors (Lipinski definition) is 6. The van der Waals surface area contributed by atoms with Crippen LogP contribution in [0.15, 0.2) is 79.0 Å². The van der Waals surface area contributed by atoms with Crippen molar-refractivity contribution in [2.24, 2.45) is 0 Å². The molecule has 0 N–H and O–H groups in total. The second kappa shape index (κ2) is 10.7. The molecule has 0 atom stereocenters. The number of carbonyl (C=O) groups is 2. The van der Waals surface area contributed by atoms with Crippen LogP contribution in [0.5, 0.6) is 0 Å². The van der Waals surface area contributed by atoms with Crippen LogP contribution < -0.4 is 4.90 Å². The number of piperazine rings is 1. The van der Waals surface area contributed by atoms with Gasteiger partial charge < -0.3 is 14.5 Å². The minimum atomic E-state index is -0.465. The number of hydrogen-bond donors (Lipinski definition) is 0. The van der Waals surface area contributed by atoms with Gasteiger partial charge in [-0.15, -0.1) is 0 Å². The minimum absolute atomic E-state index is 0.0910. The van der Waals surface area contributed by atoms with E-state index in [-0.39, 0.29) is 18.2 Å². The third-order valence-corrected chi connectivity index (χ3v) is 6.53. The molecule has 4 aromatic rings. The van der Waals surface area contributed by atoms with E-state index < -0.39 is 5.97 Å². The fourth-order valence-electron chi connectivity index (χ4n) is 4.54. The van der Waals surface area contributed by atoms with Crippen LogP contribution in [0.3, 0.4) is 0 Å². The molecule has 1 fully saturated rings. The Morgan fingerprint density at radius 3 is 2.32 bits per heavy atom. The van der Waals surface area contributed by atoms with E-state index in [1.54, 1.807) is 23.9 Å². The first-order valence-corrected chi connectivity index (χ1v) is 12.4. The van der Waals surface area contributed by atoms with Crippen molar-refractivity contribution in [3.8, 4) is 17.1 Å². The molecule has 1 aliphatic rings. The fraction of sp³-hybridized carbons (Fsp3) is 0.241. The van der Waals surface area contributed by atoms with Gasteiger partial charge in [0.2, 0.25) is 0 Å². The predicted molar refractivity (Wildman–Crippen MR) is 142 cm³/mol. The van der Waals surface area contributed by atoms with Crippen molar-refractivity contribution < 1.29 is 14.3 Å². The van der Waals surface area contributed by atoms with E-state index in [9.17, 15) is 9.59 Å². The molecule has 1 aliphatic heterocycles. The van der Waals surface area contributed by atoms with E-state index in [0.29, 0.717) is 18.9 Å². The van der Waals surface area contributed by atoms with Gasteiger partial charge in [0, 0.05) is 49.2 Å². The van der Waals surface area contributed by atoms with Crippen LogP contribution in [-0.2, 0) is 4.74 Å². The smallest absolute Gasteiger partial charge is 0.358 e. The summed E-state index contributed by atoms with van der Waals surface area (Å²) in [5, 5.41) is 4.48. The highest BCUT2D eigenvalue weighted by Crippen LogP contribution is 2.27. The van der Waals surface area contributed by atoms with Gasteiger partial charge in [-0.2, -0.15) is 5.10 Å². The van der Waals surface area contributed by atoms with Crippen molar-refractivity contribution in [1.29, 1.82) is 0 Å². The van der Waals surface area contributed by atoms with E-state index in [1.165, 1.54) is 0 Å². The van der Waals surface area contributed by atoms with Crippen molar-refractivity contribution in [3.05, 3.63) is 95.8 Å². The zero-order chi connectivity index (χ0) is 25.8. The molecular formula is C29H29N5O3. The molecule has 37 heavy (non-hydrogen) atoms. The van der Waals surface area contributed by atoms with Crippen molar-refractivity contribution in [2.45, 2.75) is 13.8 Å². The molecule has 2 aromatic carbocycles. The zero-order valence-corrected chi connectivity index (χ0v) is 21.0. The average Bonchev–Trinajstić information content (AvgIpc) is 3.40. The van der Waals surface area contributed by atoms with Crippen molar-refractivity contribution in [2.75, 3.05) is 37.7 Å². The van der Waals surface area contributed by atoms with Crippen LogP contribution in [0.25, 0.3) is 17.1 Å². The first kappa shape index (κ1) is 24.2. The molecule has 8 heteroatoms. The minimum Gasteiger partial charge on any atom is -0.461 e. The van der Waals surface area contributed by atoms with E-state index in [4.69, 9.17) is 4.74 Å². The van der Waals surface area contributed by atoms with Crippen LogP contribution in [0, 0.1) is 6.92 Å². The van der Waals surface area contributed by atoms with Gasteiger partial charge in [-0.1, -0.05) is 36.4 Å². The van der Waals surface area contributed by atoms with Gasteiger partial charge in [-0.25, -0.2) is 14.5 Å².